The molecule has 2 aromatic carbocycles. The number of halogens is 1. The highest BCUT2D eigenvalue weighted by Crippen LogP contribution is 2.37. The molecule has 0 bridgehead atoms. The van der Waals surface area contributed by atoms with Gasteiger partial charge in [0.2, 0.25) is 0 Å². The van der Waals surface area contributed by atoms with Crippen molar-refractivity contribution in [2.45, 2.75) is 77.8 Å². The van der Waals surface area contributed by atoms with E-state index in [-0.39, 0.29) is 36.6 Å². The first-order valence-corrected chi connectivity index (χ1v) is 13.6. The number of hydrogen-bond donors (Lipinski definition) is 0. The molecule has 0 aliphatic carbocycles. The van der Waals surface area contributed by atoms with E-state index in [4.69, 9.17) is 30.2 Å². The summed E-state index contributed by atoms with van der Waals surface area (Å²) in [6.07, 6.45) is 2.00. The summed E-state index contributed by atoms with van der Waals surface area (Å²) < 4.78 is 27.7. The number of benzene rings is 2. The lowest BCUT2D eigenvalue weighted by atomic mass is 9.79. The van der Waals surface area contributed by atoms with Gasteiger partial charge >= 0.3 is 14.2 Å². The second-order valence-electron chi connectivity index (χ2n) is 12.5. The quantitative estimate of drug-likeness (QED) is 0.345. The molecule has 6 rings (SSSR count). The van der Waals surface area contributed by atoms with E-state index >= 15 is 0 Å². The van der Waals surface area contributed by atoms with Gasteiger partial charge in [-0.1, -0.05) is 29.8 Å². The Kier molecular flexibility index (Phi) is 6.75. The Morgan fingerprint density at radius 2 is 1.13 bits per heavy atom. The molecule has 0 N–H and O–H groups in total. The van der Waals surface area contributed by atoms with Crippen LogP contribution in [0.25, 0.3) is 21.8 Å². The van der Waals surface area contributed by atoms with Crippen LogP contribution in [0.15, 0.2) is 42.6 Å². The van der Waals surface area contributed by atoms with Crippen LogP contribution in [0.4, 0.5) is 0 Å². The van der Waals surface area contributed by atoms with Gasteiger partial charge in [0.05, 0.1) is 33.4 Å². The van der Waals surface area contributed by atoms with Crippen LogP contribution < -0.4 is 10.9 Å². The fourth-order valence-electron chi connectivity index (χ4n) is 4.60. The van der Waals surface area contributed by atoms with Gasteiger partial charge in [0.25, 0.3) is 0 Å². The summed E-state index contributed by atoms with van der Waals surface area (Å²) in [5, 5.41) is 11.4. The average Bonchev–Trinajstić information content (AvgIpc) is 3.47. The molecule has 0 unspecified atom stereocenters. The average molecular weight is 551 g/mol. The van der Waals surface area contributed by atoms with Crippen LogP contribution >= 0.6 is 11.6 Å². The summed E-state index contributed by atoms with van der Waals surface area (Å²) in [5.41, 5.74) is 2.57. The lowest BCUT2D eigenvalue weighted by Crippen LogP contribution is -2.41. The Morgan fingerprint density at radius 1 is 0.667 bits per heavy atom. The second-order valence-corrected chi connectivity index (χ2v) is 12.8. The first-order valence-electron chi connectivity index (χ1n) is 13.3. The van der Waals surface area contributed by atoms with E-state index in [1.54, 1.807) is 4.68 Å². The summed E-state index contributed by atoms with van der Waals surface area (Å²) in [7, 11) is 3.07. The number of fused-ring (bicyclic) bond motifs is 2. The van der Waals surface area contributed by atoms with Crippen molar-refractivity contribution in [1.29, 1.82) is 0 Å². The molecule has 0 radical (unpaired) electrons. The van der Waals surface area contributed by atoms with Gasteiger partial charge in [0.1, 0.15) is 5.15 Å². The van der Waals surface area contributed by atoms with Crippen LogP contribution in [0, 0.1) is 0 Å². The van der Waals surface area contributed by atoms with Gasteiger partial charge in [-0.25, -0.2) is 0 Å². The number of aryl methyl sites for hydroxylation is 2. The first kappa shape index (κ1) is 28.2. The van der Waals surface area contributed by atoms with Crippen molar-refractivity contribution < 1.29 is 18.6 Å². The molecule has 2 aliphatic heterocycles. The van der Waals surface area contributed by atoms with E-state index in [2.05, 4.69) is 44.0 Å². The zero-order chi connectivity index (χ0) is 28.5. The molecule has 0 amide bonds. The van der Waals surface area contributed by atoms with Gasteiger partial charge in [0, 0.05) is 31.1 Å². The molecule has 0 spiro atoms. The van der Waals surface area contributed by atoms with Gasteiger partial charge < -0.3 is 18.6 Å². The smallest absolute Gasteiger partial charge is 0.399 e. The Morgan fingerprint density at radius 3 is 1.64 bits per heavy atom. The largest absolute Gasteiger partial charge is 0.494 e. The van der Waals surface area contributed by atoms with E-state index in [9.17, 15) is 0 Å². The second kappa shape index (κ2) is 9.35. The fourth-order valence-corrected chi connectivity index (χ4v) is 4.79. The Bertz CT molecular complexity index is 1510. The maximum Gasteiger partial charge on any atom is 0.494 e. The molecule has 39 heavy (non-hydrogen) atoms. The predicted octanol–water partition coefficient (Wildman–Crippen LogP) is 4.40. The maximum atomic E-state index is 6.25. The van der Waals surface area contributed by atoms with E-state index in [1.807, 2.05) is 83.0 Å². The summed E-state index contributed by atoms with van der Waals surface area (Å²) in [6, 6.07) is 12.0. The van der Waals surface area contributed by atoms with Crippen molar-refractivity contribution in [3.05, 3.63) is 47.7 Å². The molecule has 0 atom stereocenters. The molecular weight excluding hydrogens is 513 g/mol. The molecule has 2 aromatic heterocycles. The van der Waals surface area contributed by atoms with Crippen LogP contribution in [0.1, 0.15) is 55.4 Å². The summed E-state index contributed by atoms with van der Waals surface area (Å²) in [5.74, 6) is 0. The summed E-state index contributed by atoms with van der Waals surface area (Å²) >= 11 is 6.25. The van der Waals surface area contributed by atoms with Gasteiger partial charge in [-0.15, -0.1) is 0 Å². The molecule has 206 valence electrons. The van der Waals surface area contributed by atoms with Crippen LogP contribution in [0.2, 0.25) is 5.15 Å². The minimum atomic E-state index is -0.374. The van der Waals surface area contributed by atoms with E-state index in [0.29, 0.717) is 5.15 Å². The third kappa shape index (κ3) is 5.02. The highest BCUT2D eigenvalue weighted by atomic mass is 35.5. The lowest BCUT2D eigenvalue weighted by Gasteiger charge is -2.32. The highest BCUT2D eigenvalue weighted by molar-refractivity contribution is 6.63. The fraction of sp³-hybridized carbons (Fsp3) is 0.500. The zero-order valence-corrected chi connectivity index (χ0v) is 25.3. The zero-order valence-electron chi connectivity index (χ0n) is 24.5. The highest BCUT2D eigenvalue weighted by Gasteiger charge is 2.52. The van der Waals surface area contributed by atoms with Crippen molar-refractivity contribution >= 4 is 58.6 Å². The summed E-state index contributed by atoms with van der Waals surface area (Å²) in [6.45, 7) is 16.4. The number of rotatable bonds is 2. The molecule has 0 saturated carbocycles. The SMILES string of the molecule is Cn1cc2cc(B3OC(C)(C)C(C)(C)O3)ccc2n1.Cn1nc2ccc(B3OC(C)(C)C(C)(C)O3)cc2c1Cl. The Labute approximate surface area is 236 Å². The first-order chi connectivity index (χ1) is 18.0. The van der Waals surface area contributed by atoms with E-state index in [1.165, 1.54) is 0 Å². The number of hydrogen-bond acceptors (Lipinski definition) is 6. The monoisotopic (exact) mass is 550 g/mol. The molecular formula is C28H37B2ClN4O4. The van der Waals surface area contributed by atoms with Crippen LogP contribution in [0.3, 0.4) is 0 Å². The van der Waals surface area contributed by atoms with Crippen LogP contribution in [-0.2, 0) is 32.7 Å². The van der Waals surface area contributed by atoms with Gasteiger partial charge in [-0.3, -0.25) is 9.36 Å². The molecule has 2 aliphatic rings. The van der Waals surface area contributed by atoms with Crippen LogP contribution in [-0.4, -0.2) is 56.2 Å². The predicted molar refractivity (Wildman–Crippen MR) is 158 cm³/mol. The van der Waals surface area contributed by atoms with E-state index < -0.39 is 0 Å². The topological polar surface area (TPSA) is 72.6 Å². The van der Waals surface area contributed by atoms with E-state index in [0.717, 1.165) is 32.7 Å². The Balaban J connectivity index is 0.000000158. The van der Waals surface area contributed by atoms with Gasteiger partial charge in [0.15, 0.2) is 0 Å². The summed E-state index contributed by atoms with van der Waals surface area (Å²) in [4.78, 5) is 0. The molecule has 2 saturated heterocycles. The minimum absolute atomic E-state index is 0.304. The third-order valence-corrected chi connectivity index (χ3v) is 8.93. The van der Waals surface area contributed by atoms with Gasteiger partial charge in [-0.05, 0) is 84.5 Å². The van der Waals surface area contributed by atoms with Gasteiger partial charge in [-0.2, -0.15) is 10.2 Å². The lowest BCUT2D eigenvalue weighted by molar-refractivity contribution is 0.00578. The Hall–Kier alpha value is -2.36. The molecule has 8 nitrogen and oxygen atoms in total. The standard InChI is InChI=1S/C14H18BClN2O2.C14H19BN2O2/c1-13(2)14(3,4)20-15(19-13)9-6-7-11-10(8-9)12(16)18(5)17-11;1-13(2)14(3,4)19-15(18-13)11-6-7-12-10(8-11)9-17(5)16-12/h6-8H,1-5H3;6-9H,1-5H3. The maximum absolute atomic E-state index is 6.25. The van der Waals surface area contributed by atoms with Crippen molar-refractivity contribution in [2.75, 3.05) is 0 Å². The minimum Gasteiger partial charge on any atom is -0.399 e. The normalized spacial score (nSPS) is 21.0. The third-order valence-electron chi connectivity index (χ3n) is 8.48. The molecule has 4 heterocycles. The molecule has 2 fully saturated rings. The van der Waals surface area contributed by atoms with Crippen molar-refractivity contribution in [1.82, 2.24) is 19.6 Å². The molecule has 4 aromatic rings. The van der Waals surface area contributed by atoms with Crippen molar-refractivity contribution in [3.63, 3.8) is 0 Å². The molecule has 11 heteroatoms. The number of aromatic nitrogens is 4. The number of nitrogens with zero attached hydrogens (tertiary/aromatic N) is 4. The van der Waals surface area contributed by atoms with Crippen LogP contribution in [0.5, 0.6) is 0 Å². The van der Waals surface area contributed by atoms with Crippen molar-refractivity contribution in [3.8, 4) is 0 Å². The van der Waals surface area contributed by atoms with Crippen molar-refractivity contribution in [2.24, 2.45) is 14.1 Å².